The van der Waals surface area contributed by atoms with Crippen molar-refractivity contribution < 1.29 is 0 Å². The number of hydrogen-bond donors (Lipinski definition) is 0. The highest BCUT2D eigenvalue weighted by Crippen LogP contribution is 2.29. The van der Waals surface area contributed by atoms with E-state index in [1.807, 2.05) is 0 Å². The molecule has 0 N–H and O–H groups in total. The molecule has 1 aliphatic carbocycles. The average Bonchev–Trinajstić information content (AvgIpc) is 2.29. The third-order valence-corrected chi connectivity index (χ3v) is 3.49. The molecule has 0 bridgehead atoms. The van der Waals surface area contributed by atoms with E-state index in [9.17, 15) is 0 Å². The Morgan fingerprint density at radius 1 is 1.25 bits per heavy atom. The molecule has 0 heterocycles. The Labute approximate surface area is 84.6 Å². The largest absolute Gasteiger partial charge is 0.129 e. The van der Waals surface area contributed by atoms with Gasteiger partial charge in [-0.25, -0.2) is 0 Å². The van der Waals surface area contributed by atoms with E-state index in [0.717, 1.165) is 0 Å². The zero-order valence-corrected chi connectivity index (χ0v) is 10.6. The molecule has 0 spiro atoms. The van der Waals surface area contributed by atoms with Crippen LogP contribution < -0.4 is 0 Å². The molecule has 1 rings (SSSR count). The summed E-state index contributed by atoms with van der Waals surface area (Å²) in [5.74, 6) is 3.32. The number of halogens is 1. The fourth-order valence-corrected chi connectivity index (χ4v) is 2.20. The van der Waals surface area contributed by atoms with Crippen LogP contribution in [-0.4, -0.2) is 8.07 Å². The first-order valence-corrected chi connectivity index (χ1v) is 8.69. The van der Waals surface area contributed by atoms with E-state index in [2.05, 4.69) is 47.0 Å². The van der Waals surface area contributed by atoms with Gasteiger partial charge in [-0.3, -0.25) is 0 Å². The molecule has 0 radical (unpaired) electrons. The highest BCUT2D eigenvalue weighted by Gasteiger charge is 2.11. The van der Waals surface area contributed by atoms with E-state index in [4.69, 9.17) is 0 Å². The molecule has 0 saturated carbocycles. The third kappa shape index (κ3) is 3.16. The van der Waals surface area contributed by atoms with E-state index in [-0.39, 0.29) is 0 Å². The lowest BCUT2D eigenvalue weighted by molar-refractivity contribution is 0.916. The Hall–Kier alpha value is -0.00312. The van der Waals surface area contributed by atoms with Crippen LogP contribution in [-0.2, 0) is 0 Å². The van der Waals surface area contributed by atoms with Crippen molar-refractivity contribution in [3.05, 3.63) is 10.1 Å². The normalized spacial score (nSPS) is 17.7. The number of allylic oxidation sites excluding steroid dienone is 2. The summed E-state index contributed by atoms with van der Waals surface area (Å²) in [4.78, 5) is 0. The lowest BCUT2D eigenvalue weighted by atomic mass is 10.2. The first-order valence-electron chi connectivity index (χ1n) is 4.40. The van der Waals surface area contributed by atoms with Crippen LogP contribution in [0.3, 0.4) is 0 Å². The van der Waals surface area contributed by atoms with E-state index in [0.29, 0.717) is 0 Å². The lowest BCUT2D eigenvalue weighted by Gasteiger charge is -2.03. The molecule has 0 amide bonds. The minimum Gasteiger partial charge on any atom is -0.127 e. The third-order valence-electron chi connectivity index (χ3n) is 1.74. The van der Waals surface area contributed by atoms with Crippen molar-refractivity contribution >= 4 is 24.0 Å². The van der Waals surface area contributed by atoms with Gasteiger partial charge in [0.25, 0.3) is 0 Å². The Balaban J connectivity index is 2.72. The molecule has 12 heavy (non-hydrogen) atoms. The van der Waals surface area contributed by atoms with Gasteiger partial charge in [0.05, 0.1) is 0 Å². The van der Waals surface area contributed by atoms with Gasteiger partial charge in [-0.1, -0.05) is 41.5 Å². The minimum atomic E-state index is -1.17. The number of rotatable bonds is 0. The highest BCUT2D eigenvalue weighted by molar-refractivity contribution is 9.11. The van der Waals surface area contributed by atoms with Crippen molar-refractivity contribution in [3.8, 4) is 11.5 Å². The summed E-state index contributed by atoms with van der Waals surface area (Å²) >= 11 is 3.56. The van der Waals surface area contributed by atoms with Gasteiger partial charge in [-0.2, -0.15) is 0 Å². The summed E-state index contributed by atoms with van der Waals surface area (Å²) in [6, 6.07) is 0. The fourth-order valence-electron chi connectivity index (χ4n) is 1.10. The van der Waals surface area contributed by atoms with Crippen LogP contribution >= 0.6 is 15.9 Å². The molecule has 0 aromatic rings. The maximum absolute atomic E-state index is 3.56. The van der Waals surface area contributed by atoms with Crippen LogP contribution in [0, 0.1) is 11.5 Å². The van der Waals surface area contributed by atoms with E-state index in [1.54, 1.807) is 0 Å². The van der Waals surface area contributed by atoms with Crippen molar-refractivity contribution in [2.24, 2.45) is 0 Å². The predicted octanol–water partition coefficient (Wildman–Crippen LogP) is 3.70. The van der Waals surface area contributed by atoms with Crippen LogP contribution in [0.5, 0.6) is 0 Å². The van der Waals surface area contributed by atoms with Crippen LogP contribution in [0.2, 0.25) is 19.6 Å². The van der Waals surface area contributed by atoms with Gasteiger partial charge < -0.3 is 0 Å². The van der Waals surface area contributed by atoms with Crippen molar-refractivity contribution in [1.29, 1.82) is 0 Å². The number of hydrogen-bond acceptors (Lipinski definition) is 0. The van der Waals surface area contributed by atoms with Crippen molar-refractivity contribution in [1.82, 2.24) is 0 Å². The molecule has 0 aromatic carbocycles. The maximum Gasteiger partial charge on any atom is 0.129 e. The second-order valence-corrected chi connectivity index (χ2v) is 9.94. The molecular weight excluding hydrogens is 228 g/mol. The van der Waals surface area contributed by atoms with Gasteiger partial charge in [0.15, 0.2) is 0 Å². The monoisotopic (exact) mass is 242 g/mol. The van der Waals surface area contributed by atoms with Gasteiger partial charge in [0.2, 0.25) is 0 Å². The highest BCUT2D eigenvalue weighted by atomic mass is 79.9. The summed E-state index contributed by atoms with van der Waals surface area (Å²) < 4.78 is 1.34. The van der Waals surface area contributed by atoms with Crippen molar-refractivity contribution in [2.75, 3.05) is 0 Å². The quantitative estimate of drug-likeness (QED) is 0.449. The standard InChI is InChI=1S/C10H15BrSi/c1-12(2,3)8-7-9-5-4-6-10(9)11/h4-6H2,1-3H3. The van der Waals surface area contributed by atoms with E-state index in [1.165, 1.54) is 29.3 Å². The first kappa shape index (κ1) is 10.1. The van der Waals surface area contributed by atoms with Gasteiger partial charge in [0, 0.05) is 10.1 Å². The summed E-state index contributed by atoms with van der Waals surface area (Å²) in [6.45, 7) is 6.84. The molecular formula is C10H15BrSi. The zero-order chi connectivity index (χ0) is 9.19. The molecule has 0 saturated heterocycles. The predicted molar refractivity (Wildman–Crippen MR) is 60.9 cm³/mol. The van der Waals surface area contributed by atoms with Crippen LogP contribution in [0.25, 0.3) is 0 Å². The van der Waals surface area contributed by atoms with Crippen LogP contribution in [0.15, 0.2) is 10.1 Å². The topological polar surface area (TPSA) is 0 Å². The first-order chi connectivity index (χ1) is 5.49. The Kier molecular flexibility index (Phi) is 3.20. The second-order valence-electron chi connectivity index (χ2n) is 4.24. The summed E-state index contributed by atoms with van der Waals surface area (Å²) in [5.41, 5.74) is 4.74. The van der Waals surface area contributed by atoms with Crippen LogP contribution in [0.4, 0.5) is 0 Å². The molecule has 0 atom stereocenters. The molecule has 66 valence electrons. The SMILES string of the molecule is C[Si](C)(C)C#CC1=C(Br)CCC1. The molecule has 2 heteroatoms. The molecule has 0 aliphatic heterocycles. The molecule has 0 unspecified atom stereocenters. The molecule has 0 aromatic heterocycles. The van der Waals surface area contributed by atoms with Crippen LogP contribution in [0.1, 0.15) is 19.3 Å². The van der Waals surface area contributed by atoms with Gasteiger partial charge in [-0.15, -0.1) is 5.54 Å². The minimum absolute atomic E-state index is 1.17. The fraction of sp³-hybridized carbons (Fsp3) is 0.600. The average molecular weight is 243 g/mol. The van der Waals surface area contributed by atoms with E-state index < -0.39 is 8.07 Å². The van der Waals surface area contributed by atoms with Gasteiger partial charge in [0.1, 0.15) is 8.07 Å². The van der Waals surface area contributed by atoms with Crippen molar-refractivity contribution in [2.45, 2.75) is 38.9 Å². The summed E-state index contributed by atoms with van der Waals surface area (Å²) in [6.07, 6.45) is 3.64. The lowest BCUT2D eigenvalue weighted by Crippen LogP contribution is -2.16. The summed E-state index contributed by atoms with van der Waals surface area (Å²) in [7, 11) is -1.17. The zero-order valence-electron chi connectivity index (χ0n) is 8.00. The smallest absolute Gasteiger partial charge is 0.127 e. The van der Waals surface area contributed by atoms with Gasteiger partial charge >= 0.3 is 0 Å². The molecule has 0 nitrogen and oxygen atoms in total. The molecule has 1 aliphatic rings. The van der Waals surface area contributed by atoms with E-state index >= 15 is 0 Å². The summed E-state index contributed by atoms with van der Waals surface area (Å²) in [5, 5.41) is 0. The Morgan fingerprint density at radius 3 is 2.33 bits per heavy atom. The Bertz CT molecular complexity index is 260. The van der Waals surface area contributed by atoms with Crippen molar-refractivity contribution in [3.63, 3.8) is 0 Å². The molecule has 0 fully saturated rings. The maximum atomic E-state index is 3.56. The van der Waals surface area contributed by atoms with Gasteiger partial charge in [-0.05, 0) is 19.3 Å². The Morgan fingerprint density at radius 2 is 1.92 bits per heavy atom. The second kappa shape index (κ2) is 3.80.